The van der Waals surface area contributed by atoms with Crippen molar-refractivity contribution in [1.82, 2.24) is 4.90 Å². The molecule has 1 atom stereocenters. The molecular formula is C10H13NO3S2. The molecule has 6 heteroatoms. The molecule has 1 unspecified atom stereocenters. The summed E-state index contributed by atoms with van der Waals surface area (Å²) in [7, 11) is 0. The Labute approximate surface area is 104 Å². The second-order valence-corrected chi connectivity index (χ2v) is 5.25. The van der Waals surface area contributed by atoms with Gasteiger partial charge >= 0.3 is 5.97 Å². The number of carboxylic acid groups (broad SMARTS) is 1. The Hall–Kier alpha value is -0.880. The predicted octanol–water partition coefficient (Wildman–Crippen LogP) is 1.86. The molecule has 0 saturated carbocycles. The summed E-state index contributed by atoms with van der Waals surface area (Å²) >= 11 is 6.14. The monoisotopic (exact) mass is 259 g/mol. The molecule has 0 aliphatic carbocycles. The molecule has 0 aromatic rings. The predicted molar refractivity (Wildman–Crippen MR) is 67.1 cm³/mol. The van der Waals surface area contributed by atoms with E-state index in [0.717, 1.165) is 11.3 Å². The second-order valence-electron chi connectivity index (χ2n) is 3.57. The highest BCUT2D eigenvalue weighted by Gasteiger charge is 2.33. The maximum atomic E-state index is 11.8. The number of carbonyl (C=O) groups excluding carboxylic acids is 1. The van der Waals surface area contributed by atoms with E-state index < -0.39 is 5.97 Å². The van der Waals surface area contributed by atoms with E-state index in [2.05, 4.69) is 0 Å². The zero-order valence-corrected chi connectivity index (χ0v) is 10.7. The number of thiocarbonyl (C=S) groups is 1. The van der Waals surface area contributed by atoms with Gasteiger partial charge in [-0.25, -0.2) is 0 Å². The molecule has 1 aliphatic rings. The first-order chi connectivity index (χ1) is 7.45. The Morgan fingerprint density at radius 3 is 2.81 bits per heavy atom. The minimum atomic E-state index is -1.05. The average molecular weight is 259 g/mol. The lowest BCUT2D eigenvalue weighted by Gasteiger charge is -2.10. The van der Waals surface area contributed by atoms with Crippen LogP contribution in [0, 0.1) is 5.92 Å². The molecule has 1 aliphatic heterocycles. The first-order valence-corrected chi connectivity index (χ1v) is 6.15. The zero-order chi connectivity index (χ0) is 12.3. The normalized spacial score (nSPS) is 20.6. The molecule has 1 N–H and O–H groups in total. The number of nitrogens with zero attached hydrogens (tertiary/aromatic N) is 1. The zero-order valence-electron chi connectivity index (χ0n) is 9.10. The summed E-state index contributed by atoms with van der Waals surface area (Å²) in [5, 5.41) is 8.64. The minimum absolute atomic E-state index is 0.291. The molecule has 1 rings (SSSR count). The summed E-state index contributed by atoms with van der Waals surface area (Å²) in [4.78, 5) is 24.0. The van der Waals surface area contributed by atoms with Crippen molar-refractivity contribution in [3.05, 3.63) is 11.0 Å². The molecule has 1 heterocycles. The lowest BCUT2D eigenvalue weighted by Crippen LogP contribution is -2.33. The van der Waals surface area contributed by atoms with Crippen LogP contribution in [-0.4, -0.2) is 32.7 Å². The highest BCUT2D eigenvalue weighted by atomic mass is 32.2. The van der Waals surface area contributed by atoms with E-state index >= 15 is 0 Å². The van der Waals surface area contributed by atoms with E-state index in [1.165, 1.54) is 11.8 Å². The molecule has 0 bridgehead atoms. The van der Waals surface area contributed by atoms with Crippen molar-refractivity contribution >= 4 is 40.2 Å². The van der Waals surface area contributed by atoms with Gasteiger partial charge in [0.05, 0.1) is 4.91 Å². The fraction of sp³-hybridized carbons (Fsp3) is 0.500. The summed E-state index contributed by atoms with van der Waals surface area (Å²) in [6, 6.07) is 0. The smallest absolute Gasteiger partial charge is 0.323 e. The van der Waals surface area contributed by atoms with Crippen LogP contribution >= 0.6 is 24.0 Å². The summed E-state index contributed by atoms with van der Waals surface area (Å²) in [5.74, 6) is -1.06. The third-order valence-electron chi connectivity index (χ3n) is 2.25. The topological polar surface area (TPSA) is 57.6 Å². The van der Waals surface area contributed by atoms with Crippen LogP contribution in [0.25, 0.3) is 0 Å². The molecule has 0 radical (unpaired) electrons. The van der Waals surface area contributed by atoms with Crippen molar-refractivity contribution in [2.45, 2.75) is 20.3 Å². The van der Waals surface area contributed by atoms with Gasteiger partial charge in [0, 0.05) is 0 Å². The quantitative estimate of drug-likeness (QED) is 0.617. The molecule has 16 heavy (non-hydrogen) atoms. The van der Waals surface area contributed by atoms with Gasteiger partial charge < -0.3 is 5.11 Å². The van der Waals surface area contributed by atoms with Gasteiger partial charge in [-0.3, -0.25) is 14.5 Å². The summed E-state index contributed by atoms with van der Waals surface area (Å²) in [6.07, 6.45) is 2.78. The lowest BCUT2D eigenvalue weighted by atomic mass is 10.1. The average Bonchev–Trinajstić information content (AvgIpc) is 2.45. The van der Waals surface area contributed by atoms with Crippen LogP contribution in [0.5, 0.6) is 0 Å². The number of hydrogen-bond donors (Lipinski definition) is 1. The van der Waals surface area contributed by atoms with Gasteiger partial charge in [-0.2, -0.15) is 0 Å². The fourth-order valence-electron chi connectivity index (χ4n) is 1.16. The molecule has 1 saturated heterocycles. The molecule has 0 aromatic carbocycles. The maximum absolute atomic E-state index is 11.8. The van der Waals surface area contributed by atoms with Gasteiger partial charge in [0.1, 0.15) is 10.9 Å². The maximum Gasteiger partial charge on any atom is 0.323 e. The Balaban J connectivity index is 2.82. The first-order valence-electron chi connectivity index (χ1n) is 4.93. The number of thioether (sulfide) groups is 1. The van der Waals surface area contributed by atoms with E-state index in [9.17, 15) is 9.59 Å². The van der Waals surface area contributed by atoms with Gasteiger partial charge in [0.25, 0.3) is 5.91 Å². The van der Waals surface area contributed by atoms with E-state index in [1.54, 1.807) is 0 Å². The highest BCUT2D eigenvalue weighted by Crippen LogP contribution is 2.31. The van der Waals surface area contributed by atoms with Crippen molar-refractivity contribution in [2.24, 2.45) is 5.92 Å². The number of carboxylic acids is 1. The lowest BCUT2D eigenvalue weighted by molar-refractivity contribution is -0.140. The van der Waals surface area contributed by atoms with Crippen molar-refractivity contribution < 1.29 is 14.7 Å². The number of hydrogen-bond acceptors (Lipinski definition) is 4. The molecule has 1 fully saturated rings. The Morgan fingerprint density at radius 1 is 1.69 bits per heavy atom. The molecule has 0 aromatic heterocycles. The third-order valence-corrected chi connectivity index (χ3v) is 3.64. The molecule has 4 nitrogen and oxygen atoms in total. The Bertz CT molecular complexity index is 365. The first kappa shape index (κ1) is 13.2. The summed E-state index contributed by atoms with van der Waals surface area (Å²) in [5.41, 5.74) is 0. The number of amides is 1. The number of allylic oxidation sites excluding steroid dienone is 1. The SMILES string of the molecule is CCC(C)/C=C1/SC(=S)N(CC(=O)O)C1=O. The van der Waals surface area contributed by atoms with Crippen LogP contribution in [0.3, 0.4) is 0 Å². The molecule has 0 spiro atoms. The third kappa shape index (κ3) is 3.05. The van der Waals surface area contributed by atoms with Crippen molar-refractivity contribution in [1.29, 1.82) is 0 Å². The Morgan fingerprint density at radius 2 is 2.31 bits per heavy atom. The van der Waals surface area contributed by atoms with Crippen LogP contribution in [-0.2, 0) is 9.59 Å². The number of rotatable bonds is 4. The van der Waals surface area contributed by atoms with E-state index in [-0.39, 0.29) is 12.5 Å². The number of aliphatic carboxylic acids is 1. The van der Waals surface area contributed by atoms with Crippen LogP contribution < -0.4 is 0 Å². The van der Waals surface area contributed by atoms with Crippen LogP contribution in [0.2, 0.25) is 0 Å². The van der Waals surface area contributed by atoms with E-state index in [4.69, 9.17) is 17.3 Å². The highest BCUT2D eigenvalue weighted by molar-refractivity contribution is 8.26. The van der Waals surface area contributed by atoms with Crippen LogP contribution in [0.15, 0.2) is 11.0 Å². The second kappa shape index (κ2) is 5.45. The minimum Gasteiger partial charge on any atom is -0.480 e. The van der Waals surface area contributed by atoms with Gasteiger partial charge in [-0.1, -0.05) is 50.3 Å². The fourth-order valence-corrected chi connectivity index (χ4v) is 2.52. The van der Waals surface area contributed by atoms with Gasteiger partial charge in [-0.15, -0.1) is 0 Å². The van der Waals surface area contributed by atoms with Gasteiger partial charge in [0.15, 0.2) is 0 Å². The van der Waals surface area contributed by atoms with Crippen molar-refractivity contribution in [3.8, 4) is 0 Å². The summed E-state index contributed by atoms with van der Waals surface area (Å²) < 4.78 is 0.321. The van der Waals surface area contributed by atoms with E-state index in [0.29, 0.717) is 15.1 Å². The van der Waals surface area contributed by atoms with Crippen LogP contribution in [0.1, 0.15) is 20.3 Å². The van der Waals surface area contributed by atoms with Crippen LogP contribution in [0.4, 0.5) is 0 Å². The van der Waals surface area contributed by atoms with E-state index in [1.807, 2.05) is 19.9 Å². The summed E-state index contributed by atoms with van der Waals surface area (Å²) in [6.45, 7) is 3.67. The largest absolute Gasteiger partial charge is 0.480 e. The van der Waals surface area contributed by atoms with Crippen molar-refractivity contribution in [2.75, 3.05) is 6.54 Å². The standard InChI is InChI=1S/C10H13NO3S2/c1-3-6(2)4-7-9(14)11(5-8(12)13)10(15)16-7/h4,6H,3,5H2,1-2H3,(H,12,13)/b7-4+. The van der Waals surface area contributed by atoms with Crippen molar-refractivity contribution in [3.63, 3.8) is 0 Å². The van der Waals surface area contributed by atoms with Gasteiger partial charge in [-0.05, 0) is 5.92 Å². The Kier molecular flexibility index (Phi) is 4.49. The number of carbonyl (C=O) groups is 2. The molecule has 1 amide bonds. The molecular weight excluding hydrogens is 246 g/mol. The molecule has 88 valence electrons. The van der Waals surface area contributed by atoms with Gasteiger partial charge in [0.2, 0.25) is 0 Å².